The lowest BCUT2D eigenvalue weighted by Crippen LogP contribution is -2.65. The van der Waals surface area contributed by atoms with Gasteiger partial charge < -0.3 is 33.5 Å². The van der Waals surface area contributed by atoms with Gasteiger partial charge in [0.2, 0.25) is 0 Å². The molecule has 11 heteroatoms. The normalized spacial score (nSPS) is 25.0. The van der Waals surface area contributed by atoms with Crippen LogP contribution in [0.1, 0.15) is 44.4 Å². The number of esters is 4. The molecule has 0 spiro atoms. The second kappa shape index (κ2) is 11.6. The van der Waals surface area contributed by atoms with Crippen molar-refractivity contribution in [1.82, 2.24) is 4.90 Å². The molecule has 5 atom stereocenters. The Bertz CT molecular complexity index is 1060. The Balaban J connectivity index is 1.98. The molecule has 1 saturated heterocycles. The van der Waals surface area contributed by atoms with Crippen molar-refractivity contribution in [2.24, 2.45) is 0 Å². The number of ether oxygens (including phenoxy) is 5. The molecule has 0 unspecified atom stereocenters. The van der Waals surface area contributed by atoms with Gasteiger partial charge in [-0.25, -0.2) is 0 Å². The van der Waals surface area contributed by atoms with Crippen molar-refractivity contribution in [3.05, 3.63) is 41.2 Å². The average Bonchev–Trinajstić information content (AvgIpc) is 3.22. The van der Waals surface area contributed by atoms with Crippen molar-refractivity contribution in [3.8, 4) is 0 Å². The van der Waals surface area contributed by atoms with E-state index in [9.17, 15) is 19.2 Å². The summed E-state index contributed by atoms with van der Waals surface area (Å²) in [5.74, 6) is -2.54. The van der Waals surface area contributed by atoms with Crippen molar-refractivity contribution in [2.45, 2.75) is 79.1 Å². The van der Waals surface area contributed by atoms with Crippen LogP contribution in [0.5, 0.6) is 0 Å². The van der Waals surface area contributed by atoms with Crippen molar-refractivity contribution in [1.29, 1.82) is 0 Å². The molecule has 2 aliphatic heterocycles. The minimum atomic E-state index is -1.21. The molecule has 0 bridgehead atoms. The van der Waals surface area contributed by atoms with Crippen molar-refractivity contribution >= 4 is 29.6 Å². The molecule has 0 radical (unpaired) electrons. The molecule has 2 heterocycles. The van der Waals surface area contributed by atoms with E-state index in [1.807, 2.05) is 31.9 Å². The van der Waals surface area contributed by atoms with Gasteiger partial charge in [0, 0.05) is 45.8 Å². The van der Waals surface area contributed by atoms with Gasteiger partial charge in [-0.3, -0.25) is 19.2 Å². The van der Waals surface area contributed by atoms with Gasteiger partial charge in [0.1, 0.15) is 12.7 Å². The third-order valence-electron chi connectivity index (χ3n) is 5.97. The zero-order chi connectivity index (χ0) is 27.4. The summed E-state index contributed by atoms with van der Waals surface area (Å²) in [5.41, 5.74) is 4.35. The fourth-order valence-corrected chi connectivity index (χ4v) is 4.84. The number of carbonyl (C=O) groups is 4. The van der Waals surface area contributed by atoms with E-state index in [1.54, 1.807) is 11.1 Å². The molecule has 0 aliphatic carbocycles. The highest BCUT2D eigenvalue weighted by Crippen LogP contribution is 2.34. The first-order valence-electron chi connectivity index (χ1n) is 12.0. The standard InChI is InChI=1S/C26H34N2O9/c1-14-10-15(2)22(16(3)11-14)27-8-9-28(13-27)26-25(36-20(7)32)24(35-19(6)31)23(34-18(5)30)21(37-26)12-33-17(4)29/h8-11,21,23-26H,12-13H2,1-7H3/t21-,23-,24+,25-,26-/m1/s1. The number of anilines is 1. The highest BCUT2D eigenvalue weighted by molar-refractivity contribution is 5.69. The summed E-state index contributed by atoms with van der Waals surface area (Å²) in [4.78, 5) is 51.4. The number of nitrogens with zero attached hydrogens (tertiary/aromatic N) is 2. The predicted molar refractivity (Wildman–Crippen MR) is 131 cm³/mol. The molecular formula is C26H34N2O9. The van der Waals surface area contributed by atoms with Gasteiger partial charge in [0.05, 0.1) is 6.67 Å². The number of hydrogen-bond donors (Lipinski definition) is 0. The molecule has 0 saturated carbocycles. The maximum atomic E-state index is 12.1. The summed E-state index contributed by atoms with van der Waals surface area (Å²) in [6.07, 6.45) is -1.85. The minimum Gasteiger partial charge on any atom is -0.463 e. The molecule has 11 nitrogen and oxygen atoms in total. The summed E-state index contributed by atoms with van der Waals surface area (Å²) in [6, 6.07) is 4.18. The van der Waals surface area contributed by atoms with Gasteiger partial charge in [0.15, 0.2) is 24.5 Å². The van der Waals surface area contributed by atoms with E-state index >= 15 is 0 Å². The smallest absolute Gasteiger partial charge is 0.303 e. The van der Waals surface area contributed by atoms with Gasteiger partial charge in [-0.2, -0.15) is 0 Å². The number of hydrogen-bond acceptors (Lipinski definition) is 11. The molecule has 37 heavy (non-hydrogen) atoms. The Morgan fingerprint density at radius 2 is 1.35 bits per heavy atom. The summed E-state index contributed by atoms with van der Waals surface area (Å²) < 4.78 is 28.0. The lowest BCUT2D eigenvalue weighted by molar-refractivity contribution is -0.272. The zero-order valence-electron chi connectivity index (χ0n) is 22.2. The van der Waals surface area contributed by atoms with E-state index < -0.39 is 54.5 Å². The molecule has 202 valence electrons. The Morgan fingerprint density at radius 1 is 0.811 bits per heavy atom. The summed E-state index contributed by atoms with van der Waals surface area (Å²) in [7, 11) is 0. The summed E-state index contributed by atoms with van der Waals surface area (Å²) in [6.45, 7) is 11.0. The third kappa shape index (κ3) is 6.79. The van der Waals surface area contributed by atoms with Crippen LogP contribution in [-0.2, 0) is 42.9 Å². The molecule has 3 rings (SSSR count). The maximum absolute atomic E-state index is 12.1. The Hall–Kier alpha value is -3.60. The lowest BCUT2D eigenvalue weighted by atomic mass is 9.96. The Kier molecular flexibility index (Phi) is 8.80. The van der Waals surface area contributed by atoms with E-state index in [2.05, 4.69) is 12.1 Å². The third-order valence-corrected chi connectivity index (χ3v) is 5.97. The maximum Gasteiger partial charge on any atom is 0.303 e. The number of carbonyl (C=O) groups excluding carboxylic acids is 4. The van der Waals surface area contributed by atoms with Crippen LogP contribution in [0.25, 0.3) is 0 Å². The quantitative estimate of drug-likeness (QED) is 0.390. The first kappa shape index (κ1) is 28.0. The lowest BCUT2D eigenvalue weighted by Gasteiger charge is -2.47. The van der Waals surface area contributed by atoms with Crippen LogP contribution in [0.2, 0.25) is 0 Å². The molecule has 1 aromatic carbocycles. The van der Waals surface area contributed by atoms with Crippen molar-refractivity contribution in [3.63, 3.8) is 0 Å². The van der Waals surface area contributed by atoms with Crippen LogP contribution in [0.15, 0.2) is 24.5 Å². The SMILES string of the molecule is CC(=O)OC[C@H]1O[C@@H](N2C=CN(c3c(C)cc(C)cc3C)C2)[C@H](OC(C)=O)[C@@H](OC(C)=O)[C@@H]1OC(C)=O. The molecule has 2 aliphatic rings. The fraction of sp³-hybridized carbons (Fsp3) is 0.538. The number of rotatable bonds is 7. The first-order chi connectivity index (χ1) is 17.4. The largest absolute Gasteiger partial charge is 0.463 e. The monoisotopic (exact) mass is 518 g/mol. The molecule has 1 aromatic rings. The Labute approximate surface area is 216 Å². The predicted octanol–water partition coefficient (Wildman–Crippen LogP) is 2.25. The fourth-order valence-electron chi connectivity index (χ4n) is 4.84. The van der Waals surface area contributed by atoms with Crippen LogP contribution in [0.3, 0.4) is 0 Å². The molecule has 0 amide bonds. The molecular weight excluding hydrogens is 484 g/mol. The van der Waals surface area contributed by atoms with E-state index in [1.165, 1.54) is 27.7 Å². The minimum absolute atomic E-state index is 0.272. The van der Waals surface area contributed by atoms with Gasteiger partial charge >= 0.3 is 23.9 Å². The highest BCUT2D eigenvalue weighted by atomic mass is 16.7. The second-order valence-electron chi connectivity index (χ2n) is 9.26. The van der Waals surface area contributed by atoms with E-state index in [0.717, 1.165) is 22.4 Å². The van der Waals surface area contributed by atoms with E-state index in [-0.39, 0.29) is 6.61 Å². The van der Waals surface area contributed by atoms with Gasteiger partial charge in [-0.05, 0) is 31.9 Å². The summed E-state index contributed by atoms with van der Waals surface area (Å²) >= 11 is 0. The second-order valence-corrected chi connectivity index (χ2v) is 9.26. The first-order valence-corrected chi connectivity index (χ1v) is 12.0. The molecule has 1 fully saturated rings. The van der Waals surface area contributed by atoms with Crippen LogP contribution < -0.4 is 4.90 Å². The van der Waals surface area contributed by atoms with Gasteiger partial charge in [-0.1, -0.05) is 17.7 Å². The highest BCUT2D eigenvalue weighted by Gasteiger charge is 2.54. The number of aryl methyl sites for hydroxylation is 3. The zero-order valence-corrected chi connectivity index (χ0v) is 22.2. The average molecular weight is 519 g/mol. The Morgan fingerprint density at radius 3 is 1.89 bits per heavy atom. The molecule has 0 N–H and O–H groups in total. The number of benzene rings is 1. The summed E-state index contributed by atoms with van der Waals surface area (Å²) in [5, 5.41) is 0. The van der Waals surface area contributed by atoms with Crippen molar-refractivity contribution in [2.75, 3.05) is 18.2 Å². The molecule has 0 aromatic heterocycles. The van der Waals surface area contributed by atoms with Crippen LogP contribution >= 0.6 is 0 Å². The van der Waals surface area contributed by atoms with Gasteiger partial charge in [-0.15, -0.1) is 0 Å². The van der Waals surface area contributed by atoms with E-state index in [4.69, 9.17) is 23.7 Å². The van der Waals surface area contributed by atoms with E-state index in [0.29, 0.717) is 6.67 Å². The van der Waals surface area contributed by atoms with Crippen LogP contribution in [0, 0.1) is 20.8 Å². The van der Waals surface area contributed by atoms with Gasteiger partial charge in [0.25, 0.3) is 0 Å². The van der Waals surface area contributed by atoms with Crippen molar-refractivity contribution < 1.29 is 42.9 Å². The topological polar surface area (TPSA) is 121 Å². The van der Waals surface area contributed by atoms with Crippen LogP contribution in [-0.4, -0.2) is 72.7 Å². The van der Waals surface area contributed by atoms with Crippen LogP contribution in [0.4, 0.5) is 5.69 Å².